The van der Waals surface area contributed by atoms with Crippen LogP contribution in [0.15, 0.2) is 24.3 Å². The van der Waals surface area contributed by atoms with Crippen molar-refractivity contribution in [1.29, 1.82) is 5.26 Å². The number of ether oxygens (including phenoxy) is 1. The van der Waals surface area contributed by atoms with E-state index in [0.717, 1.165) is 5.69 Å². The monoisotopic (exact) mass is 261 g/mol. The van der Waals surface area contributed by atoms with Crippen LogP contribution in [-0.4, -0.2) is 16.9 Å². The number of hydrogen-bond donors (Lipinski definition) is 0. The highest BCUT2D eigenvalue weighted by molar-refractivity contribution is 6.31. The van der Waals surface area contributed by atoms with Crippen molar-refractivity contribution in [1.82, 2.24) is 9.78 Å². The molecule has 1 heterocycles. The van der Waals surface area contributed by atoms with E-state index in [1.54, 1.807) is 7.11 Å². The average molecular weight is 262 g/mol. The first kappa shape index (κ1) is 12.5. The van der Waals surface area contributed by atoms with Gasteiger partial charge >= 0.3 is 0 Å². The van der Waals surface area contributed by atoms with Crippen molar-refractivity contribution in [2.45, 2.75) is 13.3 Å². The number of benzene rings is 1. The highest BCUT2D eigenvalue weighted by Gasteiger charge is 2.17. The first-order chi connectivity index (χ1) is 8.72. The van der Waals surface area contributed by atoms with Gasteiger partial charge in [0.2, 0.25) is 0 Å². The number of aromatic nitrogens is 2. The Morgan fingerprint density at radius 3 is 2.72 bits per heavy atom. The van der Waals surface area contributed by atoms with Crippen LogP contribution in [0, 0.1) is 11.3 Å². The molecule has 0 N–H and O–H groups in total. The number of nitrogens with zero attached hydrogens (tertiary/aromatic N) is 3. The standard InChI is InChI=1S/C13H12ClN3O/c1-3-10-9(8-15)13(14)17(16-10)11-6-4-5-7-12(11)18-2/h4-7H,3H2,1-2H3. The van der Waals surface area contributed by atoms with Crippen molar-refractivity contribution in [3.63, 3.8) is 0 Å². The largest absolute Gasteiger partial charge is 0.494 e. The fourth-order valence-electron chi connectivity index (χ4n) is 1.76. The van der Waals surface area contributed by atoms with Crippen LogP contribution < -0.4 is 4.74 Å². The molecule has 1 aromatic carbocycles. The van der Waals surface area contributed by atoms with Crippen LogP contribution in [0.3, 0.4) is 0 Å². The van der Waals surface area contributed by atoms with Crippen molar-refractivity contribution in [2.75, 3.05) is 7.11 Å². The lowest BCUT2D eigenvalue weighted by Gasteiger charge is -2.08. The number of halogens is 1. The molecule has 0 fully saturated rings. The van der Waals surface area contributed by atoms with E-state index in [-0.39, 0.29) is 0 Å². The molecule has 4 nitrogen and oxygen atoms in total. The minimum atomic E-state index is 0.318. The molecule has 0 bridgehead atoms. The third-order valence-electron chi connectivity index (χ3n) is 2.66. The molecule has 0 spiro atoms. The summed E-state index contributed by atoms with van der Waals surface area (Å²) >= 11 is 6.19. The van der Waals surface area contributed by atoms with Crippen molar-refractivity contribution >= 4 is 11.6 Å². The fourth-order valence-corrected chi connectivity index (χ4v) is 2.04. The van der Waals surface area contributed by atoms with E-state index in [0.29, 0.717) is 28.6 Å². The normalized spacial score (nSPS) is 10.1. The third kappa shape index (κ3) is 1.93. The molecule has 1 aromatic heterocycles. The Balaban J connectivity index is 2.65. The maximum atomic E-state index is 9.10. The van der Waals surface area contributed by atoms with E-state index in [4.69, 9.17) is 21.6 Å². The molecule has 2 rings (SSSR count). The maximum Gasteiger partial charge on any atom is 0.151 e. The minimum absolute atomic E-state index is 0.318. The quantitative estimate of drug-likeness (QED) is 0.853. The van der Waals surface area contributed by atoms with Crippen LogP contribution in [0.25, 0.3) is 5.69 Å². The Morgan fingerprint density at radius 2 is 2.17 bits per heavy atom. The highest BCUT2D eigenvalue weighted by atomic mass is 35.5. The summed E-state index contributed by atoms with van der Waals surface area (Å²) < 4.78 is 6.81. The van der Waals surface area contributed by atoms with Gasteiger partial charge in [0.1, 0.15) is 23.1 Å². The lowest BCUT2D eigenvalue weighted by atomic mass is 10.2. The van der Waals surface area contributed by atoms with Crippen LogP contribution in [-0.2, 0) is 6.42 Å². The predicted octanol–water partition coefficient (Wildman–Crippen LogP) is 2.97. The first-order valence-electron chi connectivity index (χ1n) is 5.53. The minimum Gasteiger partial charge on any atom is -0.494 e. The van der Waals surface area contributed by atoms with Gasteiger partial charge in [-0.2, -0.15) is 10.4 Å². The summed E-state index contributed by atoms with van der Waals surface area (Å²) in [7, 11) is 1.59. The fraction of sp³-hybridized carbons (Fsp3) is 0.231. The van der Waals surface area contributed by atoms with E-state index in [1.165, 1.54) is 4.68 Å². The Kier molecular flexibility index (Phi) is 3.54. The molecule has 0 amide bonds. The van der Waals surface area contributed by atoms with E-state index in [9.17, 15) is 0 Å². The van der Waals surface area contributed by atoms with Gasteiger partial charge < -0.3 is 4.74 Å². The average Bonchev–Trinajstić information content (AvgIpc) is 2.74. The summed E-state index contributed by atoms with van der Waals surface area (Å²) in [5, 5.41) is 13.8. The number of para-hydroxylation sites is 2. The number of methoxy groups -OCH3 is 1. The van der Waals surface area contributed by atoms with Crippen LogP contribution in [0.5, 0.6) is 5.75 Å². The van der Waals surface area contributed by atoms with Gasteiger partial charge in [-0.15, -0.1) is 0 Å². The Morgan fingerprint density at radius 1 is 1.44 bits per heavy atom. The zero-order valence-corrected chi connectivity index (χ0v) is 10.9. The van der Waals surface area contributed by atoms with Crippen molar-refractivity contribution in [3.8, 4) is 17.5 Å². The molecule has 0 aliphatic rings. The molecule has 0 saturated carbocycles. The Bertz CT molecular complexity index is 613. The van der Waals surface area contributed by atoms with Gasteiger partial charge in [-0.05, 0) is 18.6 Å². The summed E-state index contributed by atoms with van der Waals surface area (Å²) in [6.07, 6.45) is 0.658. The predicted molar refractivity (Wildman–Crippen MR) is 69.2 cm³/mol. The van der Waals surface area contributed by atoms with Crippen LogP contribution in [0.1, 0.15) is 18.2 Å². The number of aryl methyl sites for hydroxylation is 1. The van der Waals surface area contributed by atoms with Gasteiger partial charge in [0, 0.05) is 0 Å². The molecule has 92 valence electrons. The molecule has 0 unspecified atom stereocenters. The topological polar surface area (TPSA) is 50.8 Å². The lowest BCUT2D eigenvalue weighted by molar-refractivity contribution is 0.411. The second kappa shape index (κ2) is 5.11. The van der Waals surface area contributed by atoms with Gasteiger partial charge in [0.15, 0.2) is 5.15 Å². The second-order valence-corrected chi connectivity index (χ2v) is 4.02. The molecule has 2 aromatic rings. The van der Waals surface area contributed by atoms with Gasteiger partial charge in [0.05, 0.1) is 12.8 Å². The Labute approximate surface area is 110 Å². The van der Waals surface area contributed by atoms with Gasteiger partial charge in [-0.1, -0.05) is 30.7 Å². The molecule has 18 heavy (non-hydrogen) atoms. The molecule has 0 aliphatic carbocycles. The van der Waals surface area contributed by atoms with Gasteiger partial charge in [-0.25, -0.2) is 4.68 Å². The smallest absolute Gasteiger partial charge is 0.151 e. The SMILES string of the molecule is CCc1nn(-c2ccccc2OC)c(Cl)c1C#N. The molecule has 0 aliphatic heterocycles. The molecule has 5 heteroatoms. The number of rotatable bonds is 3. The van der Waals surface area contributed by atoms with E-state index in [2.05, 4.69) is 11.2 Å². The summed E-state index contributed by atoms with van der Waals surface area (Å²) in [6, 6.07) is 9.49. The zero-order valence-electron chi connectivity index (χ0n) is 10.1. The zero-order chi connectivity index (χ0) is 13.1. The summed E-state index contributed by atoms with van der Waals surface area (Å²) in [4.78, 5) is 0. The van der Waals surface area contributed by atoms with Crippen LogP contribution in [0.4, 0.5) is 0 Å². The number of nitriles is 1. The number of hydrogen-bond acceptors (Lipinski definition) is 3. The van der Waals surface area contributed by atoms with Crippen LogP contribution in [0.2, 0.25) is 5.15 Å². The van der Waals surface area contributed by atoms with E-state index < -0.39 is 0 Å². The molecule has 0 radical (unpaired) electrons. The van der Waals surface area contributed by atoms with E-state index in [1.807, 2.05) is 31.2 Å². The second-order valence-electron chi connectivity index (χ2n) is 3.66. The molecular weight excluding hydrogens is 250 g/mol. The summed E-state index contributed by atoms with van der Waals surface area (Å²) in [5.41, 5.74) is 1.83. The van der Waals surface area contributed by atoms with Crippen molar-refractivity contribution in [2.24, 2.45) is 0 Å². The van der Waals surface area contributed by atoms with E-state index >= 15 is 0 Å². The molecule has 0 atom stereocenters. The Hall–Kier alpha value is -1.99. The molecule has 0 saturated heterocycles. The highest BCUT2D eigenvalue weighted by Crippen LogP contribution is 2.28. The maximum absolute atomic E-state index is 9.10. The summed E-state index contributed by atoms with van der Waals surface area (Å²) in [5.74, 6) is 0.661. The summed E-state index contributed by atoms with van der Waals surface area (Å²) in [6.45, 7) is 1.94. The van der Waals surface area contributed by atoms with Crippen molar-refractivity contribution < 1.29 is 4.74 Å². The van der Waals surface area contributed by atoms with Crippen LogP contribution >= 0.6 is 11.6 Å². The third-order valence-corrected chi connectivity index (χ3v) is 3.01. The lowest BCUT2D eigenvalue weighted by Crippen LogP contribution is -2.00. The first-order valence-corrected chi connectivity index (χ1v) is 5.91. The van der Waals surface area contributed by atoms with Gasteiger partial charge in [-0.3, -0.25) is 0 Å². The molecular formula is C13H12ClN3O. The van der Waals surface area contributed by atoms with Gasteiger partial charge in [0.25, 0.3) is 0 Å². The van der Waals surface area contributed by atoms with Crippen molar-refractivity contribution in [3.05, 3.63) is 40.7 Å².